The van der Waals surface area contributed by atoms with E-state index in [1.807, 2.05) is 12.1 Å². The molecule has 1 amide bonds. The lowest BCUT2D eigenvalue weighted by molar-refractivity contribution is 0.0821. The Morgan fingerprint density at radius 2 is 2.00 bits per heavy atom. The van der Waals surface area contributed by atoms with Crippen LogP contribution in [0.2, 0.25) is 0 Å². The van der Waals surface area contributed by atoms with Crippen LogP contribution < -0.4 is 5.56 Å². The summed E-state index contributed by atoms with van der Waals surface area (Å²) in [6.07, 6.45) is 5.20. The van der Waals surface area contributed by atoms with Crippen molar-refractivity contribution in [2.24, 2.45) is 5.92 Å². The Balaban J connectivity index is 2.37. The summed E-state index contributed by atoms with van der Waals surface area (Å²) in [5.41, 5.74) is 0.894. The first-order valence-corrected chi connectivity index (χ1v) is 7.14. The third-order valence-electron chi connectivity index (χ3n) is 3.16. The van der Waals surface area contributed by atoms with Gasteiger partial charge in [0.05, 0.1) is 12.4 Å². The Hall–Kier alpha value is -2.50. The molecular formula is C16H20N4O2. The molecule has 6 heteroatoms. The maximum atomic E-state index is 12.5. The molecule has 0 aliphatic carbocycles. The van der Waals surface area contributed by atoms with Gasteiger partial charge in [-0.15, -0.1) is 0 Å². The molecule has 6 nitrogen and oxygen atoms in total. The highest BCUT2D eigenvalue weighted by Gasteiger charge is 2.12. The number of pyridine rings is 1. The third kappa shape index (κ3) is 3.39. The van der Waals surface area contributed by atoms with E-state index in [1.165, 1.54) is 21.9 Å². The van der Waals surface area contributed by atoms with E-state index in [-0.39, 0.29) is 17.2 Å². The molecule has 116 valence electrons. The van der Waals surface area contributed by atoms with Crippen LogP contribution in [0.1, 0.15) is 29.9 Å². The number of rotatable bonds is 4. The van der Waals surface area contributed by atoms with Gasteiger partial charge in [0.25, 0.3) is 11.5 Å². The molecule has 0 aliphatic rings. The Labute approximate surface area is 129 Å². The van der Waals surface area contributed by atoms with Crippen LogP contribution in [0.25, 0.3) is 5.82 Å². The van der Waals surface area contributed by atoms with Gasteiger partial charge in [0.15, 0.2) is 5.82 Å². The van der Waals surface area contributed by atoms with Crippen molar-refractivity contribution in [1.82, 2.24) is 19.4 Å². The third-order valence-corrected chi connectivity index (χ3v) is 3.16. The zero-order chi connectivity index (χ0) is 16.3. The maximum absolute atomic E-state index is 12.5. The van der Waals surface area contributed by atoms with Gasteiger partial charge >= 0.3 is 0 Å². The second-order valence-corrected chi connectivity index (χ2v) is 5.77. The summed E-state index contributed by atoms with van der Waals surface area (Å²) in [4.78, 5) is 34.0. The van der Waals surface area contributed by atoms with Crippen LogP contribution in [0.5, 0.6) is 0 Å². The van der Waals surface area contributed by atoms with Gasteiger partial charge in [0.1, 0.15) is 5.69 Å². The summed E-state index contributed by atoms with van der Waals surface area (Å²) >= 11 is 0. The van der Waals surface area contributed by atoms with Gasteiger partial charge in [0, 0.05) is 25.9 Å². The topological polar surface area (TPSA) is 68.1 Å². The number of carbonyl (C=O) groups excluding carboxylic acids is 1. The molecule has 0 atom stereocenters. The molecule has 2 heterocycles. The Morgan fingerprint density at radius 3 is 2.55 bits per heavy atom. The molecule has 0 spiro atoms. The smallest absolute Gasteiger partial charge is 0.273 e. The summed E-state index contributed by atoms with van der Waals surface area (Å²) < 4.78 is 1.45. The van der Waals surface area contributed by atoms with Crippen molar-refractivity contribution in [3.63, 3.8) is 0 Å². The second-order valence-electron chi connectivity index (χ2n) is 5.77. The normalized spacial score (nSPS) is 10.8. The van der Waals surface area contributed by atoms with Gasteiger partial charge in [-0.1, -0.05) is 19.9 Å². The van der Waals surface area contributed by atoms with Crippen LogP contribution in [0.15, 0.2) is 35.5 Å². The quantitative estimate of drug-likeness (QED) is 0.858. The lowest BCUT2D eigenvalue weighted by Gasteiger charge is -2.11. The minimum absolute atomic E-state index is 0.0998. The van der Waals surface area contributed by atoms with Crippen molar-refractivity contribution < 1.29 is 4.79 Å². The predicted molar refractivity (Wildman–Crippen MR) is 84.2 cm³/mol. The highest BCUT2D eigenvalue weighted by Crippen LogP contribution is 2.06. The zero-order valence-corrected chi connectivity index (χ0v) is 13.3. The van der Waals surface area contributed by atoms with Gasteiger partial charge in [-0.3, -0.25) is 14.2 Å². The highest BCUT2D eigenvalue weighted by molar-refractivity contribution is 5.91. The fourth-order valence-electron chi connectivity index (χ4n) is 2.10. The highest BCUT2D eigenvalue weighted by atomic mass is 16.2. The molecule has 0 aliphatic heterocycles. The van der Waals surface area contributed by atoms with E-state index >= 15 is 0 Å². The maximum Gasteiger partial charge on any atom is 0.273 e. The number of carbonyl (C=O) groups is 1. The van der Waals surface area contributed by atoms with Crippen molar-refractivity contribution >= 4 is 5.91 Å². The van der Waals surface area contributed by atoms with Gasteiger partial charge in [-0.2, -0.15) is 0 Å². The number of nitrogens with zero attached hydrogens (tertiary/aromatic N) is 4. The summed E-state index contributed by atoms with van der Waals surface area (Å²) in [5.74, 6) is 0.584. The number of hydrogen-bond donors (Lipinski definition) is 0. The zero-order valence-electron chi connectivity index (χ0n) is 13.3. The average Bonchev–Trinajstić information content (AvgIpc) is 2.48. The van der Waals surface area contributed by atoms with E-state index in [1.54, 1.807) is 20.3 Å². The molecule has 0 saturated carbocycles. The van der Waals surface area contributed by atoms with Crippen LogP contribution in [0.3, 0.4) is 0 Å². The number of aromatic nitrogens is 3. The van der Waals surface area contributed by atoms with E-state index in [9.17, 15) is 9.59 Å². The standard InChI is InChI=1S/C16H20N4O2/c1-11(2)8-12-6-5-7-20(15(12)21)14-10-17-13(9-18-14)16(22)19(3)4/h5-7,9-11H,8H2,1-4H3. The molecular weight excluding hydrogens is 280 g/mol. The van der Waals surface area contributed by atoms with Crippen molar-refractivity contribution in [3.8, 4) is 5.82 Å². The van der Waals surface area contributed by atoms with E-state index in [0.717, 1.165) is 5.56 Å². The van der Waals surface area contributed by atoms with Crippen molar-refractivity contribution in [3.05, 3.63) is 52.3 Å². The van der Waals surface area contributed by atoms with Crippen LogP contribution in [-0.4, -0.2) is 39.4 Å². The van der Waals surface area contributed by atoms with E-state index in [2.05, 4.69) is 23.8 Å². The Morgan fingerprint density at radius 1 is 1.27 bits per heavy atom. The largest absolute Gasteiger partial charge is 0.343 e. The van der Waals surface area contributed by atoms with Gasteiger partial charge < -0.3 is 4.90 Å². The minimum atomic E-state index is -0.222. The first-order chi connectivity index (χ1) is 10.4. The molecule has 0 aromatic carbocycles. The molecule has 22 heavy (non-hydrogen) atoms. The SMILES string of the molecule is CC(C)Cc1cccn(-c2cnc(C(=O)N(C)C)cn2)c1=O. The van der Waals surface area contributed by atoms with Crippen LogP contribution >= 0.6 is 0 Å². The lowest BCUT2D eigenvalue weighted by Crippen LogP contribution is -2.25. The van der Waals surface area contributed by atoms with Crippen LogP contribution in [0, 0.1) is 5.92 Å². The second kappa shape index (κ2) is 6.51. The van der Waals surface area contributed by atoms with Crippen LogP contribution in [0.4, 0.5) is 0 Å². The van der Waals surface area contributed by atoms with Crippen LogP contribution in [-0.2, 0) is 6.42 Å². The lowest BCUT2D eigenvalue weighted by atomic mass is 10.0. The van der Waals surface area contributed by atoms with Crippen molar-refractivity contribution in [1.29, 1.82) is 0 Å². The molecule has 0 radical (unpaired) electrons. The Bertz CT molecular complexity index is 718. The summed E-state index contributed by atoms with van der Waals surface area (Å²) in [6, 6.07) is 3.65. The van der Waals surface area contributed by atoms with Crippen molar-refractivity contribution in [2.75, 3.05) is 14.1 Å². The summed E-state index contributed by atoms with van der Waals surface area (Å²) in [6.45, 7) is 4.14. The molecule has 0 N–H and O–H groups in total. The molecule has 2 aromatic rings. The monoisotopic (exact) mass is 300 g/mol. The number of amides is 1. The molecule has 2 rings (SSSR count). The fraction of sp³-hybridized carbons (Fsp3) is 0.375. The summed E-state index contributed by atoms with van der Waals surface area (Å²) in [5, 5.41) is 0. The first kappa shape index (κ1) is 15.9. The molecule has 0 unspecified atom stereocenters. The first-order valence-electron chi connectivity index (χ1n) is 7.14. The predicted octanol–water partition coefficient (Wildman–Crippen LogP) is 1.53. The van der Waals surface area contributed by atoms with E-state index < -0.39 is 0 Å². The molecule has 0 saturated heterocycles. The van der Waals surface area contributed by atoms with Gasteiger partial charge in [0.2, 0.25) is 0 Å². The summed E-state index contributed by atoms with van der Waals surface area (Å²) in [7, 11) is 3.30. The number of hydrogen-bond acceptors (Lipinski definition) is 4. The van der Waals surface area contributed by atoms with Crippen molar-refractivity contribution in [2.45, 2.75) is 20.3 Å². The molecule has 0 fully saturated rings. The average molecular weight is 300 g/mol. The van der Waals surface area contributed by atoms with E-state index in [0.29, 0.717) is 18.2 Å². The van der Waals surface area contributed by atoms with Gasteiger partial charge in [-0.25, -0.2) is 9.97 Å². The van der Waals surface area contributed by atoms with E-state index in [4.69, 9.17) is 0 Å². The molecule has 2 aromatic heterocycles. The van der Waals surface area contributed by atoms with Gasteiger partial charge in [-0.05, 0) is 18.4 Å². The minimum Gasteiger partial charge on any atom is -0.343 e. The Kier molecular flexibility index (Phi) is 4.70. The molecule has 0 bridgehead atoms. The fourth-order valence-corrected chi connectivity index (χ4v) is 2.10.